The Kier molecular flexibility index (Phi) is 4.72. The molecule has 0 aliphatic rings. The minimum atomic E-state index is -4.50. The number of benzene rings is 2. The first-order chi connectivity index (χ1) is 12.3. The predicted molar refractivity (Wildman–Crippen MR) is 98.0 cm³/mol. The molecule has 0 amide bonds. The summed E-state index contributed by atoms with van der Waals surface area (Å²) in [6.07, 6.45) is 0. The van der Waals surface area contributed by atoms with Gasteiger partial charge in [-0.05, 0) is 17.5 Å². The normalized spacial score (nSPS) is 11.9. The van der Waals surface area contributed by atoms with Gasteiger partial charge >= 0.3 is 5.97 Å². The molecule has 8 nitrogen and oxygen atoms in total. The average Bonchev–Trinajstić information content (AvgIpc) is 3.08. The lowest BCUT2D eigenvalue weighted by atomic mass is 10.1. The lowest BCUT2D eigenvalue weighted by Gasteiger charge is -2.09. The molecule has 0 aliphatic heterocycles. The Morgan fingerprint density at radius 1 is 1.15 bits per heavy atom. The summed E-state index contributed by atoms with van der Waals surface area (Å²) in [5, 5.41) is 10.3. The van der Waals surface area contributed by atoms with Crippen molar-refractivity contribution in [1.82, 2.24) is 0 Å². The van der Waals surface area contributed by atoms with E-state index in [-0.39, 0.29) is 32.2 Å². The molecule has 3 N–H and O–H groups in total. The van der Waals surface area contributed by atoms with Gasteiger partial charge < -0.3 is 10.5 Å². The standard InChI is InChI=1S/C16H13N3O5S2/c1-24-16(20)15-11(6-7-25-15)18-19-12-8-13(26(21,22)23)9-4-2-3-5-10(9)14(12)17/h2-8H,17H2,1H3,(H,21,22,23)/b19-18+. The maximum Gasteiger partial charge on any atom is 0.350 e. The van der Waals surface area contributed by atoms with E-state index in [1.807, 2.05) is 0 Å². The molecule has 3 aromatic rings. The number of hydrogen-bond acceptors (Lipinski definition) is 8. The fourth-order valence-corrected chi connectivity index (χ4v) is 3.84. The number of methoxy groups -OCH3 is 1. The van der Waals surface area contributed by atoms with Gasteiger partial charge in [0.2, 0.25) is 0 Å². The van der Waals surface area contributed by atoms with E-state index in [1.165, 1.54) is 13.2 Å². The topological polar surface area (TPSA) is 131 Å². The second-order valence-electron chi connectivity index (χ2n) is 5.15. The minimum Gasteiger partial charge on any atom is -0.465 e. The van der Waals surface area contributed by atoms with Crippen molar-refractivity contribution in [2.75, 3.05) is 12.8 Å². The van der Waals surface area contributed by atoms with E-state index in [0.717, 1.165) is 17.4 Å². The Morgan fingerprint density at radius 2 is 1.81 bits per heavy atom. The number of nitrogens with zero attached hydrogens (tertiary/aromatic N) is 2. The monoisotopic (exact) mass is 391 g/mol. The van der Waals surface area contributed by atoms with Gasteiger partial charge in [0.1, 0.15) is 21.1 Å². The number of hydrogen-bond donors (Lipinski definition) is 2. The third-order valence-electron chi connectivity index (χ3n) is 3.59. The van der Waals surface area contributed by atoms with Crippen LogP contribution in [0, 0.1) is 0 Å². The van der Waals surface area contributed by atoms with Crippen LogP contribution >= 0.6 is 11.3 Å². The van der Waals surface area contributed by atoms with Crippen molar-refractivity contribution < 1.29 is 22.5 Å². The Bertz CT molecular complexity index is 1140. The van der Waals surface area contributed by atoms with Gasteiger partial charge in [0.05, 0.1) is 12.8 Å². The first-order valence-electron chi connectivity index (χ1n) is 7.19. The second-order valence-corrected chi connectivity index (χ2v) is 7.46. The molecule has 0 bridgehead atoms. The van der Waals surface area contributed by atoms with Crippen LogP contribution in [0.15, 0.2) is 56.9 Å². The third-order valence-corrected chi connectivity index (χ3v) is 5.36. The summed E-state index contributed by atoms with van der Waals surface area (Å²) in [6, 6.07) is 9.17. The van der Waals surface area contributed by atoms with Crippen LogP contribution in [0.5, 0.6) is 0 Å². The van der Waals surface area contributed by atoms with E-state index >= 15 is 0 Å². The van der Waals surface area contributed by atoms with E-state index < -0.39 is 16.1 Å². The van der Waals surface area contributed by atoms with Crippen molar-refractivity contribution >= 4 is 55.3 Å². The maximum atomic E-state index is 11.7. The summed E-state index contributed by atoms with van der Waals surface area (Å²) >= 11 is 1.14. The zero-order chi connectivity index (χ0) is 18.9. The Morgan fingerprint density at radius 3 is 2.46 bits per heavy atom. The zero-order valence-electron chi connectivity index (χ0n) is 13.4. The molecule has 0 radical (unpaired) electrons. The first kappa shape index (κ1) is 18.0. The molecule has 0 fully saturated rings. The SMILES string of the molecule is COC(=O)c1sccc1/N=N/c1cc(S(=O)(=O)O)c2ccccc2c1N. The molecular formula is C16H13N3O5S2. The van der Waals surface area contributed by atoms with Crippen LogP contribution in [0.2, 0.25) is 0 Å². The predicted octanol–water partition coefficient (Wildman–Crippen LogP) is 3.93. The van der Waals surface area contributed by atoms with Gasteiger partial charge in [0.25, 0.3) is 10.1 Å². The molecule has 26 heavy (non-hydrogen) atoms. The van der Waals surface area contributed by atoms with Crippen molar-refractivity contribution in [3.63, 3.8) is 0 Å². The van der Waals surface area contributed by atoms with Crippen LogP contribution < -0.4 is 5.73 Å². The molecule has 1 aromatic heterocycles. The van der Waals surface area contributed by atoms with E-state index in [0.29, 0.717) is 5.39 Å². The molecule has 10 heteroatoms. The number of carbonyl (C=O) groups excluding carboxylic acids is 1. The van der Waals surface area contributed by atoms with E-state index in [4.69, 9.17) is 5.73 Å². The zero-order valence-corrected chi connectivity index (χ0v) is 15.0. The molecule has 3 rings (SSSR count). The minimum absolute atomic E-state index is 0.0540. The summed E-state index contributed by atoms with van der Waals surface area (Å²) < 4.78 is 37.6. The van der Waals surface area contributed by atoms with Gasteiger partial charge in [-0.2, -0.15) is 8.42 Å². The van der Waals surface area contributed by atoms with Crippen LogP contribution in [-0.2, 0) is 14.9 Å². The highest BCUT2D eigenvalue weighted by Crippen LogP contribution is 2.37. The van der Waals surface area contributed by atoms with Gasteiger partial charge in [0, 0.05) is 10.8 Å². The van der Waals surface area contributed by atoms with Crippen LogP contribution in [0.4, 0.5) is 17.1 Å². The third kappa shape index (κ3) is 3.29. The van der Waals surface area contributed by atoms with Gasteiger partial charge in [-0.1, -0.05) is 24.3 Å². The van der Waals surface area contributed by atoms with Crippen LogP contribution in [0.25, 0.3) is 10.8 Å². The maximum absolute atomic E-state index is 11.7. The molecule has 1 heterocycles. The van der Waals surface area contributed by atoms with Gasteiger partial charge in [-0.3, -0.25) is 4.55 Å². The van der Waals surface area contributed by atoms with Crippen molar-refractivity contribution in [3.05, 3.63) is 46.7 Å². The van der Waals surface area contributed by atoms with Crippen molar-refractivity contribution in [1.29, 1.82) is 0 Å². The lowest BCUT2D eigenvalue weighted by Crippen LogP contribution is -2.01. The molecule has 2 aromatic carbocycles. The highest BCUT2D eigenvalue weighted by atomic mass is 32.2. The molecule has 0 aliphatic carbocycles. The molecule has 0 saturated heterocycles. The molecule has 0 atom stereocenters. The number of anilines is 1. The highest BCUT2D eigenvalue weighted by molar-refractivity contribution is 7.86. The number of azo groups is 1. The average molecular weight is 391 g/mol. The van der Waals surface area contributed by atoms with Crippen molar-refractivity contribution in [2.45, 2.75) is 4.90 Å². The number of nitrogen functional groups attached to an aromatic ring is 1. The van der Waals surface area contributed by atoms with Crippen LogP contribution in [-0.4, -0.2) is 26.0 Å². The molecule has 0 saturated carbocycles. The van der Waals surface area contributed by atoms with Gasteiger partial charge in [-0.15, -0.1) is 21.6 Å². The quantitative estimate of drug-likeness (QED) is 0.300. The van der Waals surface area contributed by atoms with Crippen molar-refractivity contribution in [2.24, 2.45) is 10.2 Å². The fourth-order valence-electron chi connectivity index (χ4n) is 2.38. The largest absolute Gasteiger partial charge is 0.465 e. The van der Waals surface area contributed by atoms with Crippen molar-refractivity contribution in [3.8, 4) is 0 Å². The number of ether oxygens (including phenoxy) is 1. The van der Waals surface area contributed by atoms with Crippen LogP contribution in [0.1, 0.15) is 9.67 Å². The summed E-state index contributed by atoms with van der Waals surface area (Å²) in [7, 11) is -3.24. The molecule has 0 spiro atoms. The lowest BCUT2D eigenvalue weighted by molar-refractivity contribution is 0.0607. The van der Waals surface area contributed by atoms with Gasteiger partial charge in [-0.25, -0.2) is 4.79 Å². The summed E-state index contributed by atoms with van der Waals surface area (Å²) in [6.45, 7) is 0. The number of thiophene rings is 1. The smallest absolute Gasteiger partial charge is 0.350 e. The summed E-state index contributed by atoms with van der Waals surface area (Å²) in [5.74, 6) is -0.556. The second kappa shape index (κ2) is 6.83. The number of fused-ring (bicyclic) bond motifs is 1. The molecule has 134 valence electrons. The Labute approximate surface area is 152 Å². The fraction of sp³-hybridized carbons (Fsp3) is 0.0625. The van der Waals surface area contributed by atoms with Crippen LogP contribution in [0.3, 0.4) is 0 Å². The van der Waals surface area contributed by atoms with Gasteiger partial charge in [0.15, 0.2) is 0 Å². The van der Waals surface area contributed by atoms with E-state index in [9.17, 15) is 17.8 Å². The molecular weight excluding hydrogens is 378 g/mol. The summed E-state index contributed by atoms with van der Waals surface area (Å²) in [4.78, 5) is 11.6. The molecule has 0 unspecified atom stereocenters. The Hall–Kier alpha value is -2.82. The summed E-state index contributed by atoms with van der Waals surface area (Å²) in [5.41, 5.74) is 6.60. The number of esters is 1. The van der Waals surface area contributed by atoms with E-state index in [1.54, 1.807) is 29.6 Å². The number of rotatable bonds is 4. The number of nitrogens with two attached hydrogens (primary N) is 1. The highest BCUT2D eigenvalue weighted by Gasteiger charge is 2.19. The first-order valence-corrected chi connectivity index (χ1v) is 9.51. The van der Waals surface area contributed by atoms with E-state index in [2.05, 4.69) is 15.0 Å². The number of carbonyl (C=O) groups is 1. The Balaban J connectivity index is 2.16.